The van der Waals surface area contributed by atoms with Crippen LogP contribution in [0.15, 0.2) is 41.4 Å². The largest absolute Gasteiger partial charge is 0.463 e. The molecule has 0 saturated heterocycles. The molecule has 0 saturated carbocycles. The number of aryl methyl sites for hydroxylation is 2. The van der Waals surface area contributed by atoms with Crippen LogP contribution in [-0.2, 0) is 19.9 Å². The first-order chi connectivity index (χ1) is 11.7. The maximum atomic E-state index is 12.8. The Labute approximate surface area is 139 Å². The molecule has 4 rings (SSSR count). The van der Waals surface area contributed by atoms with Gasteiger partial charge in [0.25, 0.3) is 5.91 Å². The van der Waals surface area contributed by atoms with Crippen molar-refractivity contribution in [1.29, 1.82) is 0 Å². The fraction of sp³-hybridized carbons (Fsp3) is 0.278. The Hall–Kier alpha value is -2.89. The van der Waals surface area contributed by atoms with Crippen molar-refractivity contribution in [3.63, 3.8) is 0 Å². The molecule has 1 amide bonds. The van der Waals surface area contributed by atoms with Crippen LogP contribution in [0.3, 0.4) is 0 Å². The topological polar surface area (TPSA) is 73.0 Å². The predicted molar refractivity (Wildman–Crippen MR) is 89.7 cm³/mol. The van der Waals surface area contributed by atoms with Gasteiger partial charge in [0, 0.05) is 19.4 Å². The smallest absolute Gasteiger partial charge is 0.259 e. The van der Waals surface area contributed by atoms with E-state index in [1.54, 1.807) is 42.5 Å². The lowest BCUT2D eigenvalue weighted by molar-refractivity contribution is 0.102. The van der Waals surface area contributed by atoms with Crippen LogP contribution in [0, 0.1) is 0 Å². The fourth-order valence-electron chi connectivity index (χ4n) is 3.21. The van der Waals surface area contributed by atoms with Crippen LogP contribution in [0.5, 0.6) is 0 Å². The molecule has 0 aromatic carbocycles. The monoisotopic (exact) mass is 322 g/mol. The fourth-order valence-corrected chi connectivity index (χ4v) is 3.21. The Morgan fingerprint density at radius 2 is 2.17 bits per heavy atom. The Bertz CT molecular complexity index is 881. The summed E-state index contributed by atoms with van der Waals surface area (Å²) in [6.07, 6.45) is 11.2. The number of nitrogens with zero attached hydrogens (tertiary/aromatic N) is 3. The minimum Gasteiger partial charge on any atom is -0.463 e. The summed E-state index contributed by atoms with van der Waals surface area (Å²) in [7, 11) is 1.79. The highest BCUT2D eigenvalue weighted by molar-refractivity contribution is 6.08. The first-order valence-corrected chi connectivity index (χ1v) is 8.07. The van der Waals surface area contributed by atoms with E-state index in [1.165, 1.54) is 17.5 Å². The van der Waals surface area contributed by atoms with Crippen LogP contribution in [0.25, 0.3) is 11.5 Å². The minimum absolute atomic E-state index is 0.199. The third kappa shape index (κ3) is 2.60. The molecule has 0 atom stereocenters. The molecule has 0 unspecified atom stereocenters. The van der Waals surface area contributed by atoms with E-state index in [2.05, 4.69) is 15.4 Å². The van der Waals surface area contributed by atoms with Gasteiger partial charge in [-0.3, -0.25) is 14.5 Å². The SMILES string of the molecule is Cn1cc(C(=O)Nc2cncc3c2CCCC3)c(-c2ccco2)n1. The number of rotatable bonds is 3. The summed E-state index contributed by atoms with van der Waals surface area (Å²) >= 11 is 0. The summed E-state index contributed by atoms with van der Waals surface area (Å²) in [6.45, 7) is 0. The molecule has 3 aromatic heterocycles. The summed E-state index contributed by atoms with van der Waals surface area (Å²) in [5.41, 5.74) is 4.26. The molecule has 6 heteroatoms. The summed E-state index contributed by atoms with van der Waals surface area (Å²) in [5, 5.41) is 7.36. The molecule has 3 aromatic rings. The number of nitrogens with one attached hydrogen (secondary N) is 1. The highest BCUT2D eigenvalue weighted by Gasteiger charge is 2.21. The van der Waals surface area contributed by atoms with E-state index in [0.717, 1.165) is 24.9 Å². The molecular formula is C18H18N4O2. The van der Waals surface area contributed by atoms with E-state index in [4.69, 9.17) is 4.42 Å². The number of hydrogen-bond donors (Lipinski definition) is 1. The molecule has 0 bridgehead atoms. The number of pyridine rings is 1. The van der Waals surface area contributed by atoms with E-state index in [-0.39, 0.29) is 5.91 Å². The van der Waals surface area contributed by atoms with E-state index in [0.29, 0.717) is 17.0 Å². The lowest BCUT2D eigenvalue weighted by Gasteiger charge is -2.18. The van der Waals surface area contributed by atoms with Crippen molar-refractivity contribution in [2.75, 3.05) is 5.32 Å². The summed E-state index contributed by atoms with van der Waals surface area (Å²) in [5.74, 6) is 0.379. The average Bonchev–Trinajstić information content (AvgIpc) is 3.24. The molecule has 1 aliphatic carbocycles. The van der Waals surface area contributed by atoms with Gasteiger partial charge in [-0.05, 0) is 48.9 Å². The van der Waals surface area contributed by atoms with Crippen LogP contribution in [0.2, 0.25) is 0 Å². The Kier molecular flexibility index (Phi) is 3.65. The number of hydrogen-bond acceptors (Lipinski definition) is 4. The van der Waals surface area contributed by atoms with Crippen molar-refractivity contribution >= 4 is 11.6 Å². The standard InChI is InChI=1S/C18H18N4O2/c1-22-11-14(17(21-22)16-7-4-8-24-16)18(23)20-15-10-19-9-12-5-2-3-6-13(12)15/h4,7-11H,2-3,5-6H2,1H3,(H,20,23). The molecule has 122 valence electrons. The molecule has 0 radical (unpaired) electrons. The quantitative estimate of drug-likeness (QED) is 0.803. The van der Waals surface area contributed by atoms with Gasteiger partial charge in [-0.2, -0.15) is 5.10 Å². The van der Waals surface area contributed by atoms with Crippen molar-refractivity contribution < 1.29 is 9.21 Å². The molecule has 0 fully saturated rings. The summed E-state index contributed by atoms with van der Waals surface area (Å²) in [6, 6.07) is 3.58. The van der Waals surface area contributed by atoms with Gasteiger partial charge in [0.05, 0.1) is 23.7 Å². The number of amides is 1. The maximum Gasteiger partial charge on any atom is 0.259 e. The van der Waals surface area contributed by atoms with Crippen LogP contribution in [-0.4, -0.2) is 20.7 Å². The number of aromatic nitrogens is 3. The second-order valence-corrected chi connectivity index (χ2v) is 6.03. The lowest BCUT2D eigenvalue weighted by Crippen LogP contribution is -2.16. The highest BCUT2D eigenvalue weighted by Crippen LogP contribution is 2.28. The first kappa shape index (κ1) is 14.7. The number of carbonyl (C=O) groups is 1. The van der Waals surface area contributed by atoms with Crippen molar-refractivity contribution in [2.45, 2.75) is 25.7 Å². The third-order valence-corrected chi connectivity index (χ3v) is 4.35. The van der Waals surface area contributed by atoms with Crippen LogP contribution in [0.1, 0.15) is 34.3 Å². The normalized spacial score (nSPS) is 13.5. The third-order valence-electron chi connectivity index (χ3n) is 4.35. The van der Waals surface area contributed by atoms with Crippen molar-refractivity contribution in [3.05, 3.63) is 53.7 Å². The molecule has 24 heavy (non-hydrogen) atoms. The summed E-state index contributed by atoms with van der Waals surface area (Å²) in [4.78, 5) is 17.1. The average molecular weight is 322 g/mol. The molecule has 6 nitrogen and oxygen atoms in total. The molecule has 0 aliphatic heterocycles. The van der Waals surface area contributed by atoms with E-state index >= 15 is 0 Å². The van der Waals surface area contributed by atoms with Gasteiger partial charge in [0.1, 0.15) is 5.69 Å². The zero-order chi connectivity index (χ0) is 16.5. The van der Waals surface area contributed by atoms with Crippen LogP contribution < -0.4 is 5.32 Å². The maximum absolute atomic E-state index is 12.8. The van der Waals surface area contributed by atoms with Crippen molar-refractivity contribution in [3.8, 4) is 11.5 Å². The van der Waals surface area contributed by atoms with Gasteiger partial charge in [0.2, 0.25) is 0 Å². The van der Waals surface area contributed by atoms with Crippen LogP contribution >= 0.6 is 0 Å². The summed E-state index contributed by atoms with van der Waals surface area (Å²) < 4.78 is 7.01. The van der Waals surface area contributed by atoms with E-state index in [1.807, 2.05) is 6.20 Å². The van der Waals surface area contributed by atoms with Crippen LogP contribution in [0.4, 0.5) is 5.69 Å². The second-order valence-electron chi connectivity index (χ2n) is 6.03. The van der Waals surface area contributed by atoms with Gasteiger partial charge in [-0.1, -0.05) is 0 Å². The van der Waals surface area contributed by atoms with Gasteiger partial charge in [-0.25, -0.2) is 0 Å². The first-order valence-electron chi connectivity index (χ1n) is 8.07. The number of fused-ring (bicyclic) bond motifs is 1. The highest BCUT2D eigenvalue weighted by atomic mass is 16.3. The lowest BCUT2D eigenvalue weighted by atomic mass is 9.92. The van der Waals surface area contributed by atoms with Gasteiger partial charge >= 0.3 is 0 Å². The van der Waals surface area contributed by atoms with Crippen molar-refractivity contribution in [1.82, 2.24) is 14.8 Å². The Morgan fingerprint density at radius 1 is 1.29 bits per heavy atom. The second kappa shape index (κ2) is 5.96. The number of carbonyl (C=O) groups excluding carboxylic acids is 1. The molecule has 1 N–H and O–H groups in total. The van der Waals surface area contributed by atoms with Gasteiger partial charge in [-0.15, -0.1) is 0 Å². The number of anilines is 1. The minimum atomic E-state index is -0.199. The van der Waals surface area contributed by atoms with Crippen molar-refractivity contribution in [2.24, 2.45) is 7.05 Å². The van der Waals surface area contributed by atoms with E-state index in [9.17, 15) is 4.79 Å². The predicted octanol–water partition coefficient (Wildman–Crippen LogP) is 3.21. The van der Waals surface area contributed by atoms with Gasteiger partial charge < -0.3 is 9.73 Å². The molecule has 0 spiro atoms. The van der Waals surface area contributed by atoms with Gasteiger partial charge in [0.15, 0.2) is 5.76 Å². The Morgan fingerprint density at radius 3 is 3.00 bits per heavy atom. The molecule has 3 heterocycles. The zero-order valence-corrected chi connectivity index (χ0v) is 13.5. The van der Waals surface area contributed by atoms with E-state index < -0.39 is 0 Å². The zero-order valence-electron chi connectivity index (χ0n) is 13.5. The number of furan rings is 1. The Balaban J connectivity index is 1.67. The molecule has 1 aliphatic rings. The molecular weight excluding hydrogens is 304 g/mol.